The Kier molecular flexibility index (Phi) is 6.86. The van der Waals surface area contributed by atoms with Crippen LogP contribution in [0.15, 0.2) is 102 Å². The highest BCUT2D eigenvalue weighted by molar-refractivity contribution is 7.98. The Labute approximate surface area is 207 Å². The van der Waals surface area contributed by atoms with E-state index in [-0.39, 0.29) is 11.7 Å². The van der Waals surface area contributed by atoms with E-state index in [0.717, 1.165) is 32.9 Å². The van der Waals surface area contributed by atoms with Gasteiger partial charge in [0, 0.05) is 24.1 Å². The van der Waals surface area contributed by atoms with Gasteiger partial charge in [-0.05, 0) is 47.0 Å². The van der Waals surface area contributed by atoms with Crippen molar-refractivity contribution in [3.63, 3.8) is 0 Å². The van der Waals surface area contributed by atoms with Crippen molar-refractivity contribution >= 4 is 28.7 Å². The molecule has 0 atom stereocenters. The van der Waals surface area contributed by atoms with E-state index in [9.17, 15) is 9.18 Å². The fourth-order valence-corrected chi connectivity index (χ4v) is 4.73. The summed E-state index contributed by atoms with van der Waals surface area (Å²) in [5.41, 5.74) is 5.58. The van der Waals surface area contributed by atoms with Crippen LogP contribution in [0.4, 0.5) is 4.39 Å². The van der Waals surface area contributed by atoms with Gasteiger partial charge in [0.05, 0.1) is 23.8 Å². The van der Waals surface area contributed by atoms with Crippen LogP contribution in [-0.4, -0.2) is 20.4 Å². The standard InChI is InChI=1S/C28H23FN4OS/c29-24-12-8-21(9-13-24)18-33-26-17-30-15-14-25(26)32-28(33)35-19-22-6-10-23(11-7-22)27(34)31-16-20-4-2-1-3-5-20/h1-15,17H,16,18-19H2,(H,31,34). The van der Waals surface area contributed by atoms with Crippen molar-refractivity contribution in [1.82, 2.24) is 19.9 Å². The summed E-state index contributed by atoms with van der Waals surface area (Å²) in [6, 6.07) is 25.9. The maximum Gasteiger partial charge on any atom is 0.251 e. The van der Waals surface area contributed by atoms with Crippen LogP contribution in [0.25, 0.3) is 11.0 Å². The summed E-state index contributed by atoms with van der Waals surface area (Å²) >= 11 is 1.62. The number of imidazole rings is 1. The fraction of sp³-hybridized carbons (Fsp3) is 0.107. The number of nitrogens with one attached hydrogen (secondary N) is 1. The number of carbonyl (C=O) groups is 1. The summed E-state index contributed by atoms with van der Waals surface area (Å²) in [5.74, 6) is 0.353. The maximum absolute atomic E-state index is 13.3. The molecule has 2 aromatic heterocycles. The first kappa shape index (κ1) is 22.8. The Morgan fingerprint density at radius 1 is 0.886 bits per heavy atom. The van der Waals surface area contributed by atoms with Crippen molar-refractivity contribution in [1.29, 1.82) is 0 Å². The molecule has 0 fully saturated rings. The molecule has 0 saturated heterocycles. The molecule has 3 aromatic carbocycles. The Morgan fingerprint density at radius 2 is 1.63 bits per heavy atom. The van der Waals surface area contributed by atoms with Gasteiger partial charge in [0.15, 0.2) is 5.16 Å². The minimum atomic E-state index is -0.252. The van der Waals surface area contributed by atoms with Gasteiger partial charge in [0.25, 0.3) is 5.91 Å². The zero-order valence-corrected chi connectivity index (χ0v) is 19.7. The summed E-state index contributed by atoms with van der Waals surface area (Å²) < 4.78 is 15.4. The Bertz CT molecular complexity index is 1430. The molecule has 5 nitrogen and oxygen atoms in total. The van der Waals surface area contributed by atoms with Crippen LogP contribution in [0.5, 0.6) is 0 Å². The van der Waals surface area contributed by atoms with E-state index >= 15 is 0 Å². The molecule has 0 radical (unpaired) electrons. The van der Waals surface area contributed by atoms with E-state index < -0.39 is 0 Å². The summed E-state index contributed by atoms with van der Waals surface area (Å²) in [6.45, 7) is 1.07. The van der Waals surface area contributed by atoms with Crippen LogP contribution >= 0.6 is 11.8 Å². The predicted octanol–water partition coefficient (Wildman–Crippen LogP) is 5.84. The van der Waals surface area contributed by atoms with Crippen molar-refractivity contribution in [2.24, 2.45) is 0 Å². The number of amides is 1. The summed E-state index contributed by atoms with van der Waals surface area (Å²) in [4.78, 5) is 21.5. The average Bonchev–Trinajstić information content (AvgIpc) is 3.25. The van der Waals surface area contributed by atoms with Crippen LogP contribution in [0.2, 0.25) is 0 Å². The number of carbonyl (C=O) groups excluding carboxylic acids is 1. The molecule has 0 saturated carbocycles. The molecular weight excluding hydrogens is 459 g/mol. The van der Waals surface area contributed by atoms with Gasteiger partial charge in [-0.15, -0.1) is 0 Å². The van der Waals surface area contributed by atoms with Crippen molar-refractivity contribution in [3.05, 3.63) is 125 Å². The van der Waals surface area contributed by atoms with Crippen molar-refractivity contribution in [2.75, 3.05) is 0 Å². The maximum atomic E-state index is 13.3. The quantitative estimate of drug-likeness (QED) is 0.282. The van der Waals surface area contributed by atoms with Gasteiger partial charge >= 0.3 is 0 Å². The minimum absolute atomic E-state index is 0.0957. The second kappa shape index (κ2) is 10.5. The average molecular weight is 483 g/mol. The summed E-state index contributed by atoms with van der Waals surface area (Å²) in [5, 5.41) is 3.82. The van der Waals surface area contributed by atoms with E-state index in [1.165, 1.54) is 12.1 Å². The lowest BCUT2D eigenvalue weighted by atomic mass is 10.1. The molecule has 0 aliphatic carbocycles. The fourth-order valence-electron chi connectivity index (χ4n) is 3.76. The van der Waals surface area contributed by atoms with Gasteiger partial charge in [0.1, 0.15) is 5.82 Å². The smallest absolute Gasteiger partial charge is 0.251 e. The van der Waals surface area contributed by atoms with Gasteiger partial charge in [-0.2, -0.15) is 0 Å². The van der Waals surface area contributed by atoms with Crippen molar-refractivity contribution < 1.29 is 9.18 Å². The number of pyridine rings is 1. The molecule has 0 aliphatic rings. The molecule has 35 heavy (non-hydrogen) atoms. The lowest BCUT2D eigenvalue weighted by molar-refractivity contribution is 0.0951. The number of rotatable bonds is 8. The molecule has 7 heteroatoms. The van der Waals surface area contributed by atoms with E-state index in [2.05, 4.69) is 14.9 Å². The number of aromatic nitrogens is 3. The van der Waals surface area contributed by atoms with Gasteiger partial charge in [0.2, 0.25) is 0 Å². The van der Waals surface area contributed by atoms with E-state index in [4.69, 9.17) is 4.98 Å². The monoisotopic (exact) mass is 482 g/mol. The molecule has 5 aromatic rings. The SMILES string of the molecule is O=C(NCc1ccccc1)c1ccc(CSc2nc3ccncc3n2Cc2ccc(F)cc2)cc1. The number of hydrogen-bond donors (Lipinski definition) is 1. The summed E-state index contributed by atoms with van der Waals surface area (Å²) in [6.07, 6.45) is 3.53. The van der Waals surface area contributed by atoms with Gasteiger partial charge in [-0.3, -0.25) is 9.78 Å². The number of nitrogens with zero attached hydrogens (tertiary/aromatic N) is 3. The number of hydrogen-bond acceptors (Lipinski definition) is 4. The highest BCUT2D eigenvalue weighted by Gasteiger charge is 2.13. The molecule has 2 heterocycles. The molecule has 0 aliphatic heterocycles. The number of benzene rings is 3. The molecule has 0 spiro atoms. The third-order valence-electron chi connectivity index (χ3n) is 5.65. The molecule has 5 rings (SSSR count). The third-order valence-corrected chi connectivity index (χ3v) is 6.70. The van der Waals surface area contributed by atoms with Crippen LogP contribution < -0.4 is 5.32 Å². The molecule has 0 unspecified atom stereocenters. The number of fused-ring (bicyclic) bond motifs is 1. The Balaban J connectivity index is 1.27. The van der Waals surface area contributed by atoms with Gasteiger partial charge in [-0.1, -0.05) is 66.4 Å². The molecule has 0 bridgehead atoms. The van der Waals surface area contributed by atoms with Crippen molar-refractivity contribution in [2.45, 2.75) is 24.0 Å². The first-order valence-electron chi connectivity index (χ1n) is 11.2. The molecule has 1 N–H and O–H groups in total. The first-order valence-corrected chi connectivity index (χ1v) is 12.2. The number of thioether (sulfide) groups is 1. The van der Waals surface area contributed by atoms with E-state index in [0.29, 0.717) is 24.4 Å². The highest BCUT2D eigenvalue weighted by Crippen LogP contribution is 2.27. The van der Waals surface area contributed by atoms with Crippen LogP contribution in [0.1, 0.15) is 27.0 Å². The van der Waals surface area contributed by atoms with E-state index in [1.54, 1.807) is 36.3 Å². The zero-order valence-electron chi connectivity index (χ0n) is 18.9. The van der Waals surface area contributed by atoms with E-state index in [1.807, 2.05) is 60.7 Å². The third kappa shape index (κ3) is 5.58. The van der Waals surface area contributed by atoms with Crippen LogP contribution in [0.3, 0.4) is 0 Å². The normalized spacial score (nSPS) is 11.0. The Hall–Kier alpha value is -3.97. The largest absolute Gasteiger partial charge is 0.348 e. The summed E-state index contributed by atoms with van der Waals surface area (Å²) in [7, 11) is 0. The minimum Gasteiger partial charge on any atom is -0.348 e. The van der Waals surface area contributed by atoms with Gasteiger partial charge < -0.3 is 9.88 Å². The molecule has 174 valence electrons. The Morgan fingerprint density at radius 3 is 2.40 bits per heavy atom. The lowest BCUT2D eigenvalue weighted by Crippen LogP contribution is -2.22. The second-order valence-corrected chi connectivity index (χ2v) is 9.07. The molecular formula is C28H23FN4OS. The first-order chi connectivity index (χ1) is 17.2. The lowest BCUT2D eigenvalue weighted by Gasteiger charge is -2.10. The van der Waals surface area contributed by atoms with Crippen LogP contribution in [-0.2, 0) is 18.8 Å². The zero-order chi connectivity index (χ0) is 24.0. The highest BCUT2D eigenvalue weighted by atomic mass is 32.2. The van der Waals surface area contributed by atoms with Crippen LogP contribution in [0, 0.1) is 5.82 Å². The predicted molar refractivity (Wildman–Crippen MR) is 137 cm³/mol. The van der Waals surface area contributed by atoms with Crippen molar-refractivity contribution in [3.8, 4) is 0 Å². The number of halogens is 1. The van der Waals surface area contributed by atoms with Gasteiger partial charge in [-0.25, -0.2) is 9.37 Å². The molecule has 1 amide bonds. The topological polar surface area (TPSA) is 59.8 Å². The second-order valence-electron chi connectivity index (χ2n) is 8.13.